The molecule has 0 amide bonds. The summed E-state index contributed by atoms with van der Waals surface area (Å²) in [5.41, 5.74) is 0.0417. The zero-order valence-electron chi connectivity index (χ0n) is 10.3. The van der Waals surface area contributed by atoms with Gasteiger partial charge in [0.05, 0.1) is 5.60 Å². The van der Waals surface area contributed by atoms with Crippen molar-refractivity contribution >= 4 is 0 Å². The van der Waals surface area contributed by atoms with Crippen LogP contribution in [0.25, 0.3) is 0 Å². The molecule has 0 heterocycles. The van der Waals surface area contributed by atoms with E-state index >= 15 is 0 Å². The highest BCUT2D eigenvalue weighted by molar-refractivity contribution is 4.55. The third-order valence-electron chi connectivity index (χ3n) is 1.27. The van der Waals surface area contributed by atoms with Gasteiger partial charge in [-0.15, -0.1) is 0 Å². The number of hydrogen-bond donors (Lipinski definition) is 0. The minimum atomic E-state index is 0.0417. The van der Waals surface area contributed by atoms with Gasteiger partial charge < -0.3 is 9.47 Å². The van der Waals surface area contributed by atoms with Crippen LogP contribution in [0.3, 0.4) is 0 Å². The SMILES string of the molecule is CCOCC(C)C.COC(C)(C)C. The topological polar surface area (TPSA) is 18.5 Å². The van der Waals surface area contributed by atoms with Crippen molar-refractivity contribution in [2.45, 2.75) is 47.1 Å². The van der Waals surface area contributed by atoms with Crippen molar-refractivity contribution in [2.24, 2.45) is 5.92 Å². The zero-order chi connectivity index (χ0) is 10.9. The van der Waals surface area contributed by atoms with Gasteiger partial charge in [-0.25, -0.2) is 0 Å². The van der Waals surface area contributed by atoms with E-state index < -0.39 is 0 Å². The van der Waals surface area contributed by atoms with Gasteiger partial charge in [-0.1, -0.05) is 13.8 Å². The number of hydrogen-bond acceptors (Lipinski definition) is 2. The first-order chi connectivity index (χ1) is 5.83. The van der Waals surface area contributed by atoms with Crippen LogP contribution in [-0.2, 0) is 9.47 Å². The molecule has 0 aromatic heterocycles. The van der Waals surface area contributed by atoms with E-state index in [1.807, 2.05) is 27.7 Å². The van der Waals surface area contributed by atoms with Crippen LogP contribution in [0.1, 0.15) is 41.5 Å². The van der Waals surface area contributed by atoms with Crippen molar-refractivity contribution in [3.63, 3.8) is 0 Å². The van der Waals surface area contributed by atoms with Crippen LogP contribution in [0, 0.1) is 5.92 Å². The molecular weight excluding hydrogens is 164 g/mol. The molecule has 13 heavy (non-hydrogen) atoms. The quantitative estimate of drug-likeness (QED) is 0.681. The van der Waals surface area contributed by atoms with Crippen LogP contribution >= 0.6 is 0 Å². The van der Waals surface area contributed by atoms with Crippen LogP contribution in [0.15, 0.2) is 0 Å². The summed E-state index contributed by atoms with van der Waals surface area (Å²) in [4.78, 5) is 0. The molecule has 0 aromatic carbocycles. The summed E-state index contributed by atoms with van der Waals surface area (Å²) in [6.45, 7) is 14.1. The Morgan fingerprint density at radius 3 is 1.62 bits per heavy atom. The Morgan fingerprint density at radius 2 is 1.54 bits per heavy atom. The maximum atomic E-state index is 5.09. The van der Waals surface area contributed by atoms with Crippen molar-refractivity contribution in [1.29, 1.82) is 0 Å². The summed E-state index contributed by atoms with van der Waals surface area (Å²) in [7, 11) is 1.71. The van der Waals surface area contributed by atoms with E-state index in [1.54, 1.807) is 7.11 Å². The van der Waals surface area contributed by atoms with E-state index in [9.17, 15) is 0 Å². The lowest BCUT2D eigenvalue weighted by atomic mass is 10.2. The predicted molar refractivity (Wildman–Crippen MR) is 58.1 cm³/mol. The highest BCUT2D eigenvalue weighted by Gasteiger charge is 2.03. The molecule has 2 nitrogen and oxygen atoms in total. The minimum absolute atomic E-state index is 0.0417. The largest absolute Gasteiger partial charge is 0.381 e. The lowest BCUT2D eigenvalue weighted by molar-refractivity contribution is 0.0397. The second kappa shape index (κ2) is 8.52. The fourth-order valence-corrected chi connectivity index (χ4v) is 0.354. The summed E-state index contributed by atoms with van der Waals surface area (Å²) < 4.78 is 10.0. The molecule has 0 bridgehead atoms. The molecule has 0 atom stereocenters. The molecule has 2 heteroatoms. The van der Waals surface area contributed by atoms with Gasteiger partial charge in [0.25, 0.3) is 0 Å². The highest BCUT2D eigenvalue weighted by atomic mass is 16.5. The second-order valence-electron chi connectivity index (χ2n) is 4.37. The molecule has 0 aliphatic rings. The molecule has 0 aliphatic carbocycles. The maximum Gasteiger partial charge on any atom is 0.0594 e. The summed E-state index contributed by atoms with van der Waals surface area (Å²) in [6.07, 6.45) is 0. The van der Waals surface area contributed by atoms with E-state index in [2.05, 4.69) is 13.8 Å². The third kappa shape index (κ3) is 24.5. The van der Waals surface area contributed by atoms with E-state index in [-0.39, 0.29) is 5.60 Å². The zero-order valence-corrected chi connectivity index (χ0v) is 10.3. The van der Waals surface area contributed by atoms with Gasteiger partial charge in [-0.2, -0.15) is 0 Å². The lowest BCUT2D eigenvalue weighted by Gasteiger charge is -2.14. The Kier molecular flexibility index (Phi) is 10.1. The van der Waals surface area contributed by atoms with Crippen molar-refractivity contribution < 1.29 is 9.47 Å². The van der Waals surface area contributed by atoms with Crippen LogP contribution in [-0.4, -0.2) is 25.9 Å². The molecule has 0 fully saturated rings. The molecule has 0 N–H and O–H groups in total. The molecule has 0 spiro atoms. The minimum Gasteiger partial charge on any atom is -0.381 e. The molecule has 0 radical (unpaired) electrons. The normalized spacial score (nSPS) is 11.1. The number of methoxy groups -OCH3 is 1. The Bertz CT molecular complexity index is 92.8. The van der Waals surface area contributed by atoms with Crippen molar-refractivity contribution in [3.8, 4) is 0 Å². The number of ether oxygens (including phenoxy) is 2. The molecule has 0 unspecified atom stereocenters. The Hall–Kier alpha value is -0.0800. The predicted octanol–water partition coefficient (Wildman–Crippen LogP) is 3.11. The molecule has 0 aliphatic heterocycles. The van der Waals surface area contributed by atoms with Crippen molar-refractivity contribution in [3.05, 3.63) is 0 Å². The van der Waals surface area contributed by atoms with Gasteiger partial charge in [0, 0.05) is 20.3 Å². The fourth-order valence-electron chi connectivity index (χ4n) is 0.354. The van der Waals surface area contributed by atoms with E-state index in [0.29, 0.717) is 5.92 Å². The Labute approximate surface area is 83.6 Å². The van der Waals surface area contributed by atoms with Crippen LogP contribution in [0.2, 0.25) is 0 Å². The first kappa shape index (κ1) is 15.4. The van der Waals surface area contributed by atoms with Gasteiger partial charge in [0.15, 0.2) is 0 Å². The smallest absolute Gasteiger partial charge is 0.0594 e. The monoisotopic (exact) mass is 190 g/mol. The Balaban J connectivity index is 0. The second-order valence-corrected chi connectivity index (χ2v) is 4.37. The standard InChI is InChI=1S/C6H14O.C5H12O/c1-4-7-5-6(2)3;1-5(2,3)6-4/h6H,4-5H2,1-3H3;1-4H3. The average Bonchev–Trinajstić information content (AvgIpc) is 2.01. The van der Waals surface area contributed by atoms with E-state index in [0.717, 1.165) is 13.2 Å². The summed E-state index contributed by atoms with van der Waals surface area (Å²) in [6, 6.07) is 0. The van der Waals surface area contributed by atoms with Gasteiger partial charge >= 0.3 is 0 Å². The first-order valence-corrected chi connectivity index (χ1v) is 4.96. The lowest BCUT2D eigenvalue weighted by Crippen LogP contribution is -2.15. The Morgan fingerprint density at radius 1 is 1.15 bits per heavy atom. The van der Waals surface area contributed by atoms with Gasteiger partial charge in [0.2, 0.25) is 0 Å². The van der Waals surface area contributed by atoms with E-state index in [1.165, 1.54) is 0 Å². The molecule has 0 rings (SSSR count). The molecule has 82 valence electrons. The molecular formula is C11H26O2. The van der Waals surface area contributed by atoms with Gasteiger partial charge in [-0.05, 0) is 33.6 Å². The van der Waals surface area contributed by atoms with E-state index in [4.69, 9.17) is 9.47 Å². The third-order valence-corrected chi connectivity index (χ3v) is 1.27. The molecule has 0 aromatic rings. The molecule has 0 saturated carbocycles. The summed E-state index contributed by atoms with van der Waals surface area (Å²) in [5.74, 6) is 0.681. The fraction of sp³-hybridized carbons (Fsp3) is 1.00. The number of rotatable bonds is 3. The first-order valence-electron chi connectivity index (χ1n) is 4.96. The van der Waals surface area contributed by atoms with Crippen molar-refractivity contribution in [2.75, 3.05) is 20.3 Å². The van der Waals surface area contributed by atoms with Crippen LogP contribution in [0.4, 0.5) is 0 Å². The van der Waals surface area contributed by atoms with Crippen LogP contribution in [0.5, 0.6) is 0 Å². The highest BCUT2D eigenvalue weighted by Crippen LogP contribution is 2.02. The molecule has 0 saturated heterocycles. The average molecular weight is 190 g/mol. The van der Waals surface area contributed by atoms with Crippen LogP contribution < -0.4 is 0 Å². The summed E-state index contributed by atoms with van der Waals surface area (Å²) in [5, 5.41) is 0. The van der Waals surface area contributed by atoms with Crippen molar-refractivity contribution in [1.82, 2.24) is 0 Å². The van der Waals surface area contributed by atoms with Gasteiger partial charge in [-0.3, -0.25) is 0 Å². The maximum absolute atomic E-state index is 5.09. The van der Waals surface area contributed by atoms with Gasteiger partial charge in [0.1, 0.15) is 0 Å². The summed E-state index contributed by atoms with van der Waals surface area (Å²) >= 11 is 0.